The minimum atomic E-state index is 0.326. The molecule has 8 nitrogen and oxygen atoms in total. The number of hydrogen-bond donors (Lipinski definition) is 0. The van der Waals surface area contributed by atoms with Crippen LogP contribution in [-0.2, 0) is 0 Å². The quantitative estimate of drug-likeness (QED) is 0.176. The lowest BCUT2D eigenvalue weighted by molar-refractivity contribution is 0.669. The summed E-state index contributed by atoms with van der Waals surface area (Å²) in [5.41, 5.74) is 14.2. The fourth-order valence-electron chi connectivity index (χ4n) is 13.4. The summed E-state index contributed by atoms with van der Waals surface area (Å²) in [6, 6.07) is 79.3. The molecule has 17 aromatic rings. The van der Waals surface area contributed by atoms with E-state index in [9.17, 15) is 10.5 Å². The van der Waals surface area contributed by atoms with E-state index in [1.165, 1.54) is 0 Å². The highest BCUT2D eigenvalue weighted by Gasteiger charge is 2.36. The fourth-order valence-corrected chi connectivity index (χ4v) is 13.4. The minimum Gasteiger partial charge on any atom is -0.456 e. The summed E-state index contributed by atoms with van der Waals surface area (Å²) in [6.45, 7) is 2.15. The lowest BCUT2D eigenvalue weighted by Gasteiger charge is -2.27. The highest BCUT2D eigenvalue weighted by molar-refractivity contribution is 6.27. The number of fused-ring (bicyclic) bond motifs is 20. The monoisotopic (exact) mass is 982 g/mol. The first-order valence-corrected chi connectivity index (χ1v) is 25.8. The molecule has 0 unspecified atom stereocenters. The number of furan rings is 2. The van der Waals surface area contributed by atoms with Crippen molar-refractivity contribution in [1.82, 2.24) is 18.3 Å². The Morgan fingerprint density at radius 2 is 0.623 bits per heavy atom. The largest absolute Gasteiger partial charge is 0.456 e. The Morgan fingerprint density at radius 1 is 0.286 bits per heavy atom. The van der Waals surface area contributed by atoms with Gasteiger partial charge in [-0.15, -0.1) is 0 Å². The van der Waals surface area contributed by atoms with Crippen LogP contribution in [0.2, 0.25) is 0 Å². The highest BCUT2D eigenvalue weighted by Crippen LogP contribution is 2.51. The maximum absolute atomic E-state index is 12.8. The smallest absolute Gasteiger partial charge is 0.137 e. The molecule has 0 spiro atoms. The molecule has 0 aliphatic rings. The van der Waals surface area contributed by atoms with Crippen molar-refractivity contribution in [2.24, 2.45) is 0 Å². The number of nitriles is 2. The standard InChI is InChI=1S/C69H38N6O2/c1-39-17-16-25-45-42-20-4-11-28-54(42)73(63(39)45)68-51(38-71)64(74-55-29-12-5-21-43(55)46-33-35-59-61(65(46)74)48-23-7-14-31-57(48)76-59)50(37-70)67(72-52-26-9-2-18-40(52)41-19-3-10-27-53(41)72)69(68)75-56-30-13-6-22-44(56)47-34-36-60-62(66(47)75)49-24-8-15-32-58(49)77-60/h2-36H,1H3. The van der Waals surface area contributed by atoms with Gasteiger partial charge in [-0.25, -0.2) is 0 Å². The summed E-state index contributed by atoms with van der Waals surface area (Å²) in [5, 5.41) is 37.4. The number of rotatable bonds is 4. The average Bonchev–Trinajstić information content (AvgIpc) is 4.40. The summed E-state index contributed by atoms with van der Waals surface area (Å²) < 4.78 is 22.6. The van der Waals surface area contributed by atoms with E-state index >= 15 is 0 Å². The van der Waals surface area contributed by atoms with Gasteiger partial charge in [0.15, 0.2) is 0 Å². The molecule has 6 heterocycles. The molecule has 0 radical (unpaired) electrons. The van der Waals surface area contributed by atoms with E-state index in [1.54, 1.807) is 0 Å². The molecule has 0 amide bonds. The van der Waals surface area contributed by atoms with Gasteiger partial charge >= 0.3 is 0 Å². The third kappa shape index (κ3) is 5.27. The lowest BCUT2D eigenvalue weighted by atomic mass is 9.98. The van der Waals surface area contributed by atoms with Crippen molar-refractivity contribution in [3.8, 4) is 34.9 Å². The Kier molecular flexibility index (Phi) is 8.19. The molecule has 0 saturated heterocycles. The number of hydrogen-bond acceptors (Lipinski definition) is 4. The molecule has 0 bridgehead atoms. The number of aromatic nitrogens is 4. The van der Waals surface area contributed by atoms with Crippen LogP contribution in [0.25, 0.3) is 154 Å². The molecule has 17 rings (SSSR count). The van der Waals surface area contributed by atoms with E-state index in [2.05, 4.69) is 207 Å². The van der Waals surface area contributed by atoms with Gasteiger partial charge < -0.3 is 27.1 Å². The Hall–Kier alpha value is -10.8. The van der Waals surface area contributed by atoms with Crippen LogP contribution in [0.4, 0.5) is 0 Å². The van der Waals surface area contributed by atoms with Crippen molar-refractivity contribution >= 4 is 131 Å². The first-order valence-electron chi connectivity index (χ1n) is 25.8. The second-order valence-electron chi connectivity index (χ2n) is 20.1. The summed E-state index contributed by atoms with van der Waals surface area (Å²) in [7, 11) is 0. The van der Waals surface area contributed by atoms with E-state index in [-0.39, 0.29) is 0 Å². The van der Waals surface area contributed by atoms with Crippen molar-refractivity contribution in [2.45, 2.75) is 6.92 Å². The molecule has 356 valence electrons. The molecule has 0 aliphatic heterocycles. The number of aryl methyl sites for hydroxylation is 1. The Bertz CT molecular complexity index is 5530. The van der Waals surface area contributed by atoms with Gasteiger partial charge in [0.2, 0.25) is 0 Å². The molecular formula is C69H38N6O2. The van der Waals surface area contributed by atoms with Crippen LogP contribution in [0.15, 0.2) is 221 Å². The molecule has 0 fully saturated rings. The van der Waals surface area contributed by atoms with Gasteiger partial charge in [-0.05, 0) is 79.2 Å². The van der Waals surface area contributed by atoms with E-state index in [4.69, 9.17) is 8.83 Å². The van der Waals surface area contributed by atoms with E-state index < -0.39 is 0 Å². The topological polar surface area (TPSA) is 93.6 Å². The lowest BCUT2D eigenvalue weighted by Crippen LogP contribution is -2.17. The van der Waals surface area contributed by atoms with Gasteiger partial charge in [-0.3, -0.25) is 0 Å². The zero-order valence-electron chi connectivity index (χ0n) is 41.2. The van der Waals surface area contributed by atoms with Crippen LogP contribution >= 0.6 is 0 Å². The molecule has 0 N–H and O–H groups in total. The highest BCUT2D eigenvalue weighted by atomic mass is 16.3. The Labute approximate surface area is 437 Å². The molecule has 0 aliphatic carbocycles. The van der Waals surface area contributed by atoms with E-state index in [1.807, 2.05) is 42.5 Å². The van der Waals surface area contributed by atoms with Crippen LogP contribution in [0.3, 0.4) is 0 Å². The van der Waals surface area contributed by atoms with Crippen molar-refractivity contribution < 1.29 is 8.83 Å². The first-order chi connectivity index (χ1) is 38.1. The van der Waals surface area contributed by atoms with Gasteiger partial charge in [-0.1, -0.05) is 146 Å². The van der Waals surface area contributed by atoms with Crippen LogP contribution in [0, 0.1) is 29.6 Å². The maximum Gasteiger partial charge on any atom is 0.137 e. The van der Waals surface area contributed by atoms with Crippen LogP contribution in [0.1, 0.15) is 16.7 Å². The fraction of sp³-hybridized carbons (Fsp3) is 0.0145. The molecule has 8 heteroatoms. The van der Waals surface area contributed by atoms with Gasteiger partial charge in [0, 0.05) is 53.9 Å². The summed E-state index contributed by atoms with van der Waals surface area (Å²) >= 11 is 0. The average molecular weight is 983 g/mol. The maximum atomic E-state index is 12.8. The van der Waals surface area contributed by atoms with Crippen molar-refractivity contribution in [3.05, 3.63) is 229 Å². The predicted octanol–water partition coefficient (Wildman–Crippen LogP) is 17.9. The third-order valence-electron chi connectivity index (χ3n) is 16.3. The molecule has 6 aromatic heterocycles. The normalized spacial score (nSPS) is 12.2. The van der Waals surface area contributed by atoms with Gasteiger partial charge in [-0.2, -0.15) is 10.5 Å². The van der Waals surface area contributed by atoms with Crippen molar-refractivity contribution in [2.75, 3.05) is 0 Å². The molecular weight excluding hydrogens is 945 g/mol. The van der Waals surface area contributed by atoms with Crippen LogP contribution < -0.4 is 0 Å². The molecule has 11 aromatic carbocycles. The number of benzene rings is 11. The SMILES string of the molecule is Cc1cccc2c3ccccc3n(-c3c(C#N)c(-n4c5ccccc5c5ccc6oc7ccccc7c6c54)c(C#N)c(-n4c5ccccc5c5ccccc54)c3-n3c4ccccc4c4ccc5oc6ccccc6c5c43)c12. The van der Waals surface area contributed by atoms with Gasteiger partial charge in [0.25, 0.3) is 0 Å². The van der Waals surface area contributed by atoms with Gasteiger partial charge in [0.1, 0.15) is 45.6 Å². The van der Waals surface area contributed by atoms with E-state index in [0.717, 1.165) is 131 Å². The Balaban J connectivity index is 1.24. The second-order valence-corrected chi connectivity index (χ2v) is 20.1. The predicted molar refractivity (Wildman–Crippen MR) is 313 cm³/mol. The van der Waals surface area contributed by atoms with Crippen LogP contribution in [-0.4, -0.2) is 18.3 Å². The Morgan fingerprint density at radius 3 is 1.08 bits per heavy atom. The summed E-state index contributed by atoms with van der Waals surface area (Å²) in [5.74, 6) is 0. The number of para-hydroxylation sites is 8. The van der Waals surface area contributed by atoms with Crippen molar-refractivity contribution in [1.29, 1.82) is 10.5 Å². The van der Waals surface area contributed by atoms with Crippen molar-refractivity contribution in [3.63, 3.8) is 0 Å². The number of nitrogens with zero attached hydrogens (tertiary/aromatic N) is 6. The summed E-state index contributed by atoms with van der Waals surface area (Å²) in [4.78, 5) is 0. The zero-order valence-corrected chi connectivity index (χ0v) is 41.2. The molecule has 77 heavy (non-hydrogen) atoms. The first kappa shape index (κ1) is 41.6. The van der Waals surface area contributed by atoms with Crippen LogP contribution in [0.5, 0.6) is 0 Å². The zero-order chi connectivity index (χ0) is 50.8. The third-order valence-corrected chi connectivity index (χ3v) is 16.3. The van der Waals surface area contributed by atoms with Gasteiger partial charge in [0.05, 0.1) is 77.7 Å². The second kappa shape index (κ2) is 15.1. The summed E-state index contributed by atoms with van der Waals surface area (Å²) in [6.07, 6.45) is 0. The molecule has 0 saturated carbocycles. The molecule has 0 atom stereocenters. The minimum absolute atomic E-state index is 0.326. The van der Waals surface area contributed by atoms with E-state index in [0.29, 0.717) is 39.5 Å².